The Morgan fingerprint density at radius 3 is 2.81 bits per heavy atom. The van der Waals surface area contributed by atoms with Gasteiger partial charge in [0, 0.05) is 50.3 Å². The second-order valence-electron chi connectivity index (χ2n) is 8.73. The SMILES string of the molecule is CCCn1nccc1C(=O)N1CCCC2(CCC(=O)N(C3CCCC3)C2)C1. The molecule has 4 rings (SSSR count). The Balaban J connectivity index is 1.49. The van der Waals surface area contributed by atoms with Crippen molar-refractivity contribution in [2.45, 2.75) is 77.3 Å². The fourth-order valence-corrected chi connectivity index (χ4v) is 5.37. The molecule has 3 aliphatic rings. The number of aromatic nitrogens is 2. The topological polar surface area (TPSA) is 58.4 Å². The zero-order chi connectivity index (χ0) is 18.9. The Morgan fingerprint density at radius 2 is 2.04 bits per heavy atom. The third-order valence-electron chi connectivity index (χ3n) is 6.78. The van der Waals surface area contributed by atoms with E-state index in [9.17, 15) is 9.59 Å². The molecule has 1 aromatic rings. The minimum Gasteiger partial charge on any atom is -0.339 e. The minimum absolute atomic E-state index is 0.0834. The van der Waals surface area contributed by atoms with Crippen LogP contribution >= 0.6 is 0 Å². The van der Waals surface area contributed by atoms with Crippen molar-refractivity contribution in [3.05, 3.63) is 18.0 Å². The second-order valence-corrected chi connectivity index (χ2v) is 8.73. The second kappa shape index (κ2) is 7.64. The van der Waals surface area contributed by atoms with E-state index < -0.39 is 0 Å². The van der Waals surface area contributed by atoms with Crippen LogP contribution in [0.15, 0.2) is 12.3 Å². The Kier molecular flexibility index (Phi) is 5.24. The highest BCUT2D eigenvalue weighted by Crippen LogP contribution is 2.41. The maximum absolute atomic E-state index is 13.2. The average molecular weight is 373 g/mol. The first kappa shape index (κ1) is 18.5. The molecule has 0 aromatic carbocycles. The van der Waals surface area contributed by atoms with Crippen LogP contribution in [0, 0.1) is 5.41 Å². The van der Waals surface area contributed by atoms with Crippen molar-refractivity contribution in [1.29, 1.82) is 0 Å². The van der Waals surface area contributed by atoms with Crippen LogP contribution in [-0.2, 0) is 11.3 Å². The van der Waals surface area contributed by atoms with E-state index in [-0.39, 0.29) is 11.3 Å². The third kappa shape index (κ3) is 3.63. The van der Waals surface area contributed by atoms with E-state index >= 15 is 0 Å². The molecule has 148 valence electrons. The Morgan fingerprint density at radius 1 is 1.22 bits per heavy atom. The molecular formula is C21H32N4O2. The Bertz CT molecular complexity index is 694. The van der Waals surface area contributed by atoms with Gasteiger partial charge in [0.25, 0.3) is 5.91 Å². The summed E-state index contributed by atoms with van der Waals surface area (Å²) in [7, 11) is 0. The van der Waals surface area contributed by atoms with Crippen molar-refractivity contribution in [2.75, 3.05) is 19.6 Å². The van der Waals surface area contributed by atoms with Crippen molar-refractivity contribution in [1.82, 2.24) is 19.6 Å². The molecule has 6 nitrogen and oxygen atoms in total. The first-order chi connectivity index (χ1) is 13.1. The molecule has 2 aliphatic heterocycles. The number of carbonyl (C=O) groups excluding carboxylic acids is 2. The molecule has 1 unspecified atom stereocenters. The normalized spacial score (nSPS) is 26.9. The lowest BCUT2D eigenvalue weighted by molar-refractivity contribution is -0.142. The Labute approximate surface area is 161 Å². The van der Waals surface area contributed by atoms with Gasteiger partial charge in [0.2, 0.25) is 5.91 Å². The summed E-state index contributed by atoms with van der Waals surface area (Å²) in [5.41, 5.74) is 0.786. The summed E-state index contributed by atoms with van der Waals surface area (Å²) in [6, 6.07) is 2.28. The van der Waals surface area contributed by atoms with Crippen LogP contribution in [0.1, 0.15) is 75.2 Å². The van der Waals surface area contributed by atoms with Gasteiger partial charge >= 0.3 is 0 Å². The summed E-state index contributed by atoms with van der Waals surface area (Å²) < 4.78 is 1.83. The number of carbonyl (C=O) groups is 2. The summed E-state index contributed by atoms with van der Waals surface area (Å²) in [6.45, 7) is 5.31. The van der Waals surface area contributed by atoms with Crippen molar-refractivity contribution in [3.8, 4) is 0 Å². The predicted molar refractivity (Wildman–Crippen MR) is 103 cm³/mol. The number of hydrogen-bond acceptors (Lipinski definition) is 3. The molecule has 6 heteroatoms. The van der Waals surface area contributed by atoms with Gasteiger partial charge in [0.1, 0.15) is 5.69 Å². The monoisotopic (exact) mass is 372 g/mol. The summed E-state index contributed by atoms with van der Waals surface area (Å²) in [5.74, 6) is 0.432. The minimum atomic E-state index is 0.0834. The largest absolute Gasteiger partial charge is 0.339 e. The fraction of sp³-hybridized carbons (Fsp3) is 0.762. The standard InChI is InChI=1S/C21H32N4O2/c1-2-13-25-18(9-12-22-25)20(27)23-14-5-10-21(15-23)11-8-19(26)24(16-21)17-6-3-4-7-17/h9,12,17H,2-8,10-11,13-16H2,1H3. The van der Waals surface area contributed by atoms with Gasteiger partial charge in [-0.25, -0.2) is 0 Å². The summed E-state index contributed by atoms with van der Waals surface area (Å²) in [5, 5.41) is 4.32. The van der Waals surface area contributed by atoms with Crippen LogP contribution in [0.4, 0.5) is 0 Å². The molecule has 3 heterocycles. The fourth-order valence-electron chi connectivity index (χ4n) is 5.37. The Hall–Kier alpha value is -1.85. The maximum atomic E-state index is 13.2. The highest BCUT2D eigenvalue weighted by molar-refractivity contribution is 5.92. The van der Waals surface area contributed by atoms with Gasteiger partial charge < -0.3 is 9.80 Å². The van der Waals surface area contributed by atoms with E-state index in [1.807, 2.05) is 15.6 Å². The first-order valence-electron chi connectivity index (χ1n) is 10.7. The van der Waals surface area contributed by atoms with Crippen molar-refractivity contribution in [3.63, 3.8) is 0 Å². The lowest BCUT2D eigenvalue weighted by Gasteiger charge is -2.49. The van der Waals surface area contributed by atoms with Gasteiger partial charge in [0.05, 0.1) is 0 Å². The number of nitrogens with zero attached hydrogens (tertiary/aromatic N) is 4. The molecule has 1 atom stereocenters. The van der Waals surface area contributed by atoms with Gasteiger partial charge in [-0.1, -0.05) is 19.8 Å². The molecule has 2 amide bonds. The van der Waals surface area contributed by atoms with E-state index in [4.69, 9.17) is 0 Å². The highest BCUT2D eigenvalue weighted by Gasteiger charge is 2.45. The van der Waals surface area contributed by atoms with Gasteiger partial charge in [-0.15, -0.1) is 0 Å². The maximum Gasteiger partial charge on any atom is 0.272 e. The highest BCUT2D eigenvalue weighted by atomic mass is 16.2. The van der Waals surface area contributed by atoms with Crippen LogP contribution in [0.3, 0.4) is 0 Å². The average Bonchev–Trinajstić information content (AvgIpc) is 3.36. The van der Waals surface area contributed by atoms with Crippen LogP contribution in [0.25, 0.3) is 0 Å². The number of hydrogen-bond donors (Lipinski definition) is 0. The van der Waals surface area contributed by atoms with Crippen LogP contribution in [0.2, 0.25) is 0 Å². The number of likely N-dealkylation sites (tertiary alicyclic amines) is 2. The number of rotatable bonds is 4. The molecule has 1 spiro atoms. The third-order valence-corrected chi connectivity index (χ3v) is 6.78. The molecule has 0 radical (unpaired) electrons. The molecular weight excluding hydrogens is 340 g/mol. The first-order valence-corrected chi connectivity index (χ1v) is 10.7. The lowest BCUT2D eigenvalue weighted by Crippen LogP contribution is -2.57. The molecule has 1 aromatic heterocycles. The van der Waals surface area contributed by atoms with Crippen molar-refractivity contribution >= 4 is 11.8 Å². The van der Waals surface area contributed by atoms with Crippen molar-refractivity contribution < 1.29 is 9.59 Å². The van der Waals surface area contributed by atoms with E-state index in [1.54, 1.807) is 6.20 Å². The number of amides is 2. The predicted octanol–water partition coefficient (Wildman–Crippen LogP) is 3.08. The molecule has 0 N–H and O–H groups in total. The van der Waals surface area contributed by atoms with E-state index in [1.165, 1.54) is 12.8 Å². The molecule has 27 heavy (non-hydrogen) atoms. The number of aryl methyl sites for hydroxylation is 1. The van der Waals surface area contributed by atoms with Gasteiger partial charge in [0.15, 0.2) is 0 Å². The van der Waals surface area contributed by atoms with Crippen LogP contribution in [0.5, 0.6) is 0 Å². The molecule has 2 saturated heterocycles. The van der Waals surface area contributed by atoms with Gasteiger partial charge in [-0.05, 0) is 44.6 Å². The van der Waals surface area contributed by atoms with Gasteiger partial charge in [-0.2, -0.15) is 5.10 Å². The summed E-state index contributed by atoms with van der Waals surface area (Å²) in [4.78, 5) is 29.9. The zero-order valence-corrected chi connectivity index (χ0v) is 16.5. The smallest absolute Gasteiger partial charge is 0.272 e. The molecule has 1 saturated carbocycles. The van der Waals surface area contributed by atoms with Crippen LogP contribution < -0.4 is 0 Å². The number of piperidine rings is 2. The van der Waals surface area contributed by atoms with Gasteiger partial charge in [-0.3, -0.25) is 14.3 Å². The zero-order valence-electron chi connectivity index (χ0n) is 16.5. The van der Waals surface area contributed by atoms with E-state index in [0.717, 1.165) is 64.7 Å². The summed E-state index contributed by atoms with van der Waals surface area (Å²) in [6.07, 6.45) is 11.2. The molecule has 0 bridgehead atoms. The lowest BCUT2D eigenvalue weighted by atomic mass is 9.73. The van der Waals surface area contributed by atoms with E-state index in [0.29, 0.717) is 24.1 Å². The molecule has 3 fully saturated rings. The quantitative estimate of drug-likeness (QED) is 0.816. The van der Waals surface area contributed by atoms with E-state index in [2.05, 4.69) is 16.9 Å². The van der Waals surface area contributed by atoms with Crippen LogP contribution in [-0.4, -0.2) is 57.1 Å². The molecule has 1 aliphatic carbocycles. The summed E-state index contributed by atoms with van der Waals surface area (Å²) >= 11 is 0. The van der Waals surface area contributed by atoms with Crippen molar-refractivity contribution in [2.24, 2.45) is 5.41 Å².